The summed E-state index contributed by atoms with van der Waals surface area (Å²) in [6, 6.07) is 4.02. The minimum Gasteiger partial charge on any atom is -0.496 e. The maximum atomic E-state index is 13.0. The highest BCUT2D eigenvalue weighted by Gasteiger charge is 2.46. The number of methoxy groups -OCH3 is 1. The Hall–Kier alpha value is -2.04. The lowest BCUT2D eigenvalue weighted by molar-refractivity contribution is 0.0903. The standard InChI is InChI=1S/C18H23N3O2/c1-9-11-4-5-12(8-11)16(9)21-18(22)15-14(23-3)7-6-13-17(15)20-10(2)19-13/h6-7,9,11-12,16H,4-5,8H2,1-3H3,(H,19,20)(H,21,22). The molecule has 0 radical (unpaired) electrons. The summed E-state index contributed by atoms with van der Waals surface area (Å²) in [6.45, 7) is 4.16. The number of aromatic nitrogens is 2. The Morgan fingerprint density at radius 3 is 2.83 bits per heavy atom. The van der Waals surface area contributed by atoms with E-state index in [1.165, 1.54) is 19.3 Å². The molecule has 122 valence electrons. The molecule has 1 heterocycles. The van der Waals surface area contributed by atoms with Crippen LogP contribution in [0.1, 0.15) is 42.4 Å². The van der Waals surface area contributed by atoms with E-state index >= 15 is 0 Å². The monoisotopic (exact) mass is 313 g/mol. The minimum absolute atomic E-state index is 0.0663. The van der Waals surface area contributed by atoms with E-state index in [0.717, 1.165) is 17.3 Å². The number of carbonyl (C=O) groups excluding carboxylic acids is 1. The number of benzene rings is 1. The number of amides is 1. The van der Waals surface area contributed by atoms with Crippen LogP contribution in [-0.4, -0.2) is 29.0 Å². The zero-order chi connectivity index (χ0) is 16.1. The molecule has 2 bridgehead atoms. The number of ether oxygens (including phenoxy) is 1. The zero-order valence-corrected chi connectivity index (χ0v) is 13.8. The number of aryl methyl sites for hydroxylation is 1. The first-order valence-electron chi connectivity index (χ1n) is 8.42. The maximum absolute atomic E-state index is 13.0. The minimum atomic E-state index is -0.0663. The van der Waals surface area contributed by atoms with Crippen molar-refractivity contribution < 1.29 is 9.53 Å². The smallest absolute Gasteiger partial charge is 0.257 e. The Balaban J connectivity index is 1.69. The predicted octanol–water partition coefficient (Wildman–Crippen LogP) is 3.04. The summed E-state index contributed by atoms with van der Waals surface area (Å²) in [4.78, 5) is 20.7. The van der Waals surface area contributed by atoms with Crippen molar-refractivity contribution in [2.75, 3.05) is 7.11 Å². The van der Waals surface area contributed by atoms with Gasteiger partial charge in [-0.25, -0.2) is 4.98 Å². The third-order valence-electron chi connectivity index (χ3n) is 5.81. The second-order valence-electron chi connectivity index (χ2n) is 7.05. The average molecular weight is 313 g/mol. The third-order valence-corrected chi connectivity index (χ3v) is 5.81. The fourth-order valence-corrected chi connectivity index (χ4v) is 4.62. The summed E-state index contributed by atoms with van der Waals surface area (Å²) in [5, 5.41) is 3.28. The number of nitrogens with zero attached hydrogens (tertiary/aromatic N) is 1. The van der Waals surface area contributed by atoms with Crippen molar-refractivity contribution in [3.8, 4) is 5.75 Å². The van der Waals surface area contributed by atoms with Gasteiger partial charge in [0.1, 0.15) is 22.7 Å². The van der Waals surface area contributed by atoms with E-state index in [1.54, 1.807) is 7.11 Å². The Morgan fingerprint density at radius 1 is 1.35 bits per heavy atom. The molecule has 2 aliphatic rings. The lowest BCUT2D eigenvalue weighted by Crippen LogP contribution is -2.43. The second kappa shape index (κ2) is 5.25. The zero-order valence-electron chi connectivity index (χ0n) is 13.8. The van der Waals surface area contributed by atoms with Crippen molar-refractivity contribution in [3.63, 3.8) is 0 Å². The molecule has 4 atom stereocenters. The van der Waals surface area contributed by atoms with Gasteiger partial charge in [0.05, 0.1) is 12.6 Å². The summed E-state index contributed by atoms with van der Waals surface area (Å²) in [5.74, 6) is 3.28. The molecule has 1 aromatic carbocycles. The second-order valence-corrected chi connectivity index (χ2v) is 7.05. The molecule has 2 fully saturated rings. The lowest BCUT2D eigenvalue weighted by atomic mass is 9.86. The molecule has 0 aliphatic heterocycles. The number of nitrogens with one attached hydrogen (secondary N) is 2. The number of hydrogen-bond donors (Lipinski definition) is 2. The number of fused-ring (bicyclic) bond motifs is 3. The quantitative estimate of drug-likeness (QED) is 0.915. The first-order chi connectivity index (χ1) is 11.1. The highest BCUT2D eigenvalue weighted by molar-refractivity contribution is 6.07. The van der Waals surface area contributed by atoms with Crippen LogP contribution in [0.4, 0.5) is 0 Å². The summed E-state index contributed by atoms with van der Waals surface area (Å²) < 4.78 is 5.42. The number of hydrogen-bond acceptors (Lipinski definition) is 3. The van der Waals surface area contributed by atoms with E-state index < -0.39 is 0 Å². The van der Waals surface area contributed by atoms with Crippen LogP contribution >= 0.6 is 0 Å². The van der Waals surface area contributed by atoms with Crippen LogP contribution in [0.3, 0.4) is 0 Å². The molecule has 4 unspecified atom stereocenters. The van der Waals surface area contributed by atoms with Crippen LogP contribution in [0.15, 0.2) is 12.1 Å². The van der Waals surface area contributed by atoms with Crippen LogP contribution in [0.5, 0.6) is 5.75 Å². The van der Waals surface area contributed by atoms with E-state index in [9.17, 15) is 4.79 Å². The number of aromatic amines is 1. The van der Waals surface area contributed by atoms with Crippen LogP contribution < -0.4 is 10.1 Å². The molecule has 2 aromatic rings. The van der Waals surface area contributed by atoms with Gasteiger partial charge in [-0.2, -0.15) is 0 Å². The molecule has 0 spiro atoms. The van der Waals surface area contributed by atoms with E-state index in [1.807, 2.05) is 19.1 Å². The van der Waals surface area contributed by atoms with E-state index in [4.69, 9.17) is 4.74 Å². The Kier molecular flexibility index (Phi) is 3.32. The predicted molar refractivity (Wildman–Crippen MR) is 88.6 cm³/mol. The third kappa shape index (κ3) is 2.21. The number of rotatable bonds is 3. The van der Waals surface area contributed by atoms with Gasteiger partial charge in [0.25, 0.3) is 5.91 Å². The summed E-state index contributed by atoms with van der Waals surface area (Å²) >= 11 is 0. The van der Waals surface area contributed by atoms with Gasteiger partial charge < -0.3 is 15.0 Å². The molecule has 2 aliphatic carbocycles. The van der Waals surface area contributed by atoms with Gasteiger partial charge >= 0.3 is 0 Å². The Bertz CT molecular complexity index is 765. The normalized spacial score (nSPS) is 29.2. The van der Waals surface area contributed by atoms with Crippen molar-refractivity contribution in [1.29, 1.82) is 0 Å². The SMILES string of the molecule is COc1ccc2[nH]c(C)nc2c1C(=O)NC1C2CCC(C2)C1C. The summed E-state index contributed by atoms with van der Waals surface area (Å²) in [5.41, 5.74) is 2.11. The largest absolute Gasteiger partial charge is 0.496 e. The molecule has 2 saturated carbocycles. The number of carbonyl (C=O) groups is 1. The average Bonchev–Trinajstić information content (AvgIpc) is 3.21. The van der Waals surface area contributed by atoms with Gasteiger partial charge in [0.15, 0.2) is 0 Å². The first-order valence-corrected chi connectivity index (χ1v) is 8.42. The maximum Gasteiger partial charge on any atom is 0.257 e. The van der Waals surface area contributed by atoms with E-state index in [0.29, 0.717) is 28.7 Å². The van der Waals surface area contributed by atoms with Crippen molar-refractivity contribution in [1.82, 2.24) is 15.3 Å². The highest BCUT2D eigenvalue weighted by Crippen LogP contribution is 2.48. The van der Waals surface area contributed by atoms with Gasteiger partial charge in [-0.05, 0) is 56.1 Å². The molecular formula is C18H23N3O2. The van der Waals surface area contributed by atoms with Gasteiger partial charge in [-0.3, -0.25) is 4.79 Å². The van der Waals surface area contributed by atoms with Crippen molar-refractivity contribution >= 4 is 16.9 Å². The molecule has 1 amide bonds. The molecule has 1 aromatic heterocycles. The molecule has 23 heavy (non-hydrogen) atoms. The summed E-state index contributed by atoms with van der Waals surface area (Å²) in [6.07, 6.45) is 3.81. The van der Waals surface area contributed by atoms with Crippen molar-refractivity contribution in [3.05, 3.63) is 23.5 Å². The Morgan fingerprint density at radius 2 is 2.13 bits per heavy atom. The van der Waals surface area contributed by atoms with Crippen LogP contribution in [-0.2, 0) is 0 Å². The van der Waals surface area contributed by atoms with Gasteiger partial charge in [-0.15, -0.1) is 0 Å². The molecule has 0 saturated heterocycles. The van der Waals surface area contributed by atoms with Gasteiger partial charge in [-0.1, -0.05) is 6.92 Å². The molecule has 5 heteroatoms. The molecule has 4 rings (SSSR count). The van der Waals surface area contributed by atoms with Gasteiger partial charge in [0, 0.05) is 6.04 Å². The van der Waals surface area contributed by atoms with Gasteiger partial charge in [0.2, 0.25) is 0 Å². The fourth-order valence-electron chi connectivity index (χ4n) is 4.62. The van der Waals surface area contributed by atoms with Crippen LogP contribution in [0, 0.1) is 24.7 Å². The molecule has 5 nitrogen and oxygen atoms in total. The summed E-state index contributed by atoms with van der Waals surface area (Å²) in [7, 11) is 1.59. The topological polar surface area (TPSA) is 67.0 Å². The number of H-pyrrole nitrogens is 1. The molecular weight excluding hydrogens is 290 g/mol. The van der Waals surface area contributed by atoms with E-state index in [2.05, 4.69) is 22.2 Å². The van der Waals surface area contributed by atoms with E-state index in [-0.39, 0.29) is 11.9 Å². The number of imidazole rings is 1. The first kappa shape index (κ1) is 14.5. The molecule has 2 N–H and O–H groups in total. The van der Waals surface area contributed by atoms with Crippen LogP contribution in [0.2, 0.25) is 0 Å². The van der Waals surface area contributed by atoms with Crippen molar-refractivity contribution in [2.24, 2.45) is 17.8 Å². The van der Waals surface area contributed by atoms with Crippen LogP contribution in [0.25, 0.3) is 11.0 Å². The van der Waals surface area contributed by atoms with Crippen molar-refractivity contribution in [2.45, 2.75) is 39.2 Å². The lowest BCUT2D eigenvalue weighted by Gasteiger charge is -2.29. The fraction of sp³-hybridized carbons (Fsp3) is 0.556. The Labute approximate surface area is 135 Å². The highest BCUT2D eigenvalue weighted by atomic mass is 16.5.